The van der Waals surface area contributed by atoms with Crippen molar-refractivity contribution in [1.82, 2.24) is 15.0 Å². The highest BCUT2D eigenvalue weighted by Gasteiger charge is 2.47. The Kier molecular flexibility index (Phi) is 4.57. The lowest BCUT2D eigenvalue weighted by molar-refractivity contribution is -0.142. The molecule has 2 heterocycles. The third-order valence-electron chi connectivity index (χ3n) is 6.17. The molecular formula is C21H27N3O2. The molecule has 5 heteroatoms. The van der Waals surface area contributed by atoms with Gasteiger partial charge in [0.2, 0.25) is 5.91 Å². The van der Waals surface area contributed by atoms with Crippen molar-refractivity contribution in [2.45, 2.75) is 45.1 Å². The number of hydrogen-bond acceptors (Lipinski definition) is 4. The van der Waals surface area contributed by atoms with Crippen molar-refractivity contribution < 1.29 is 9.32 Å². The molecule has 2 aliphatic rings. The summed E-state index contributed by atoms with van der Waals surface area (Å²) in [6.45, 7) is 8.23. The molecule has 1 aliphatic carbocycles. The van der Waals surface area contributed by atoms with E-state index in [-0.39, 0.29) is 5.41 Å². The summed E-state index contributed by atoms with van der Waals surface area (Å²) < 4.78 is 5.27. The number of carbonyl (C=O) groups is 1. The third kappa shape index (κ3) is 2.94. The first-order valence-electron chi connectivity index (χ1n) is 9.59. The van der Waals surface area contributed by atoms with E-state index in [9.17, 15) is 4.79 Å². The Bertz CT molecular complexity index is 752. The summed E-state index contributed by atoms with van der Waals surface area (Å²) in [4.78, 5) is 17.8. The fraction of sp³-hybridized carbons (Fsp3) is 0.524. The van der Waals surface area contributed by atoms with Crippen molar-refractivity contribution in [1.29, 1.82) is 0 Å². The molecule has 0 radical (unpaired) electrons. The summed E-state index contributed by atoms with van der Waals surface area (Å²) in [5.41, 5.74) is 3.07. The molecule has 5 nitrogen and oxygen atoms in total. The number of nitrogens with zero attached hydrogens (tertiary/aromatic N) is 3. The highest BCUT2D eigenvalue weighted by molar-refractivity contribution is 5.89. The van der Waals surface area contributed by atoms with E-state index < -0.39 is 0 Å². The van der Waals surface area contributed by atoms with Crippen molar-refractivity contribution in [3.8, 4) is 0 Å². The molecule has 0 atom stereocenters. The van der Waals surface area contributed by atoms with Crippen LogP contribution >= 0.6 is 0 Å². The first-order chi connectivity index (χ1) is 12.6. The van der Waals surface area contributed by atoms with Gasteiger partial charge in [0.15, 0.2) is 0 Å². The van der Waals surface area contributed by atoms with Crippen LogP contribution in [0.25, 0.3) is 0 Å². The van der Waals surface area contributed by atoms with Crippen LogP contribution in [0.1, 0.15) is 41.8 Å². The highest BCUT2D eigenvalue weighted by Crippen LogP contribution is 2.45. The Balaban J connectivity index is 1.41. The van der Waals surface area contributed by atoms with Crippen LogP contribution in [-0.4, -0.2) is 47.0 Å². The van der Waals surface area contributed by atoms with Crippen molar-refractivity contribution in [2.75, 3.05) is 26.2 Å². The predicted molar refractivity (Wildman–Crippen MR) is 99.8 cm³/mol. The molecule has 1 aromatic heterocycles. The van der Waals surface area contributed by atoms with Crippen LogP contribution in [0.3, 0.4) is 0 Å². The molecule has 1 amide bonds. The van der Waals surface area contributed by atoms with Gasteiger partial charge in [0.05, 0.1) is 11.1 Å². The van der Waals surface area contributed by atoms with Gasteiger partial charge in [0.25, 0.3) is 0 Å². The van der Waals surface area contributed by atoms with Gasteiger partial charge in [-0.15, -0.1) is 0 Å². The zero-order valence-electron chi connectivity index (χ0n) is 15.7. The fourth-order valence-corrected chi connectivity index (χ4v) is 4.28. The van der Waals surface area contributed by atoms with Gasteiger partial charge >= 0.3 is 0 Å². The normalized spacial score (nSPS) is 20.0. The van der Waals surface area contributed by atoms with Crippen LogP contribution in [-0.2, 0) is 16.8 Å². The lowest BCUT2D eigenvalue weighted by Gasteiger charge is -2.46. The molecule has 0 unspecified atom stereocenters. The molecule has 26 heavy (non-hydrogen) atoms. The third-order valence-corrected chi connectivity index (χ3v) is 6.17. The van der Waals surface area contributed by atoms with Crippen LogP contribution in [0.2, 0.25) is 0 Å². The number of benzene rings is 1. The van der Waals surface area contributed by atoms with E-state index in [4.69, 9.17) is 4.52 Å². The molecule has 1 aromatic carbocycles. The number of amides is 1. The SMILES string of the molecule is Cc1noc(C)c1CN1CCN(C(=O)C2(c3ccccc3)CCC2)CC1. The van der Waals surface area contributed by atoms with E-state index in [0.29, 0.717) is 5.91 Å². The van der Waals surface area contributed by atoms with Gasteiger partial charge in [-0.05, 0) is 32.3 Å². The molecule has 1 saturated carbocycles. The van der Waals surface area contributed by atoms with Crippen molar-refractivity contribution in [3.63, 3.8) is 0 Å². The minimum Gasteiger partial charge on any atom is -0.361 e. The van der Waals surface area contributed by atoms with Crippen LogP contribution in [0.15, 0.2) is 34.9 Å². The van der Waals surface area contributed by atoms with Crippen LogP contribution in [0, 0.1) is 13.8 Å². The van der Waals surface area contributed by atoms with E-state index in [0.717, 1.165) is 63.4 Å². The number of aromatic nitrogens is 1. The molecule has 0 bridgehead atoms. The van der Waals surface area contributed by atoms with Gasteiger partial charge in [-0.1, -0.05) is 41.9 Å². The van der Waals surface area contributed by atoms with E-state index in [2.05, 4.69) is 27.1 Å². The van der Waals surface area contributed by atoms with Gasteiger partial charge in [-0.3, -0.25) is 9.69 Å². The second-order valence-corrected chi connectivity index (χ2v) is 7.67. The second-order valence-electron chi connectivity index (χ2n) is 7.67. The molecule has 2 aromatic rings. The topological polar surface area (TPSA) is 49.6 Å². The summed E-state index contributed by atoms with van der Waals surface area (Å²) in [7, 11) is 0. The quantitative estimate of drug-likeness (QED) is 0.848. The summed E-state index contributed by atoms with van der Waals surface area (Å²) in [6.07, 6.45) is 3.11. The molecule has 2 fully saturated rings. The number of rotatable bonds is 4. The van der Waals surface area contributed by atoms with Gasteiger partial charge in [-0.25, -0.2) is 0 Å². The zero-order valence-corrected chi connectivity index (χ0v) is 15.7. The van der Waals surface area contributed by atoms with Crippen molar-refractivity contribution in [3.05, 3.63) is 52.9 Å². The fourth-order valence-electron chi connectivity index (χ4n) is 4.28. The smallest absolute Gasteiger partial charge is 0.233 e. The first kappa shape index (κ1) is 17.3. The Morgan fingerprint density at radius 1 is 1.12 bits per heavy atom. The second kappa shape index (κ2) is 6.88. The molecule has 0 N–H and O–H groups in total. The van der Waals surface area contributed by atoms with E-state index in [1.807, 2.05) is 32.0 Å². The Hall–Kier alpha value is -2.14. The molecule has 1 saturated heterocycles. The average molecular weight is 353 g/mol. The van der Waals surface area contributed by atoms with E-state index in [1.165, 1.54) is 11.1 Å². The van der Waals surface area contributed by atoms with Crippen molar-refractivity contribution >= 4 is 5.91 Å². The Morgan fingerprint density at radius 2 is 1.81 bits per heavy atom. The number of carbonyl (C=O) groups excluding carboxylic acids is 1. The average Bonchev–Trinajstić information content (AvgIpc) is 2.94. The largest absolute Gasteiger partial charge is 0.361 e. The summed E-state index contributed by atoms with van der Waals surface area (Å²) >= 11 is 0. The standard InChI is InChI=1S/C21H27N3O2/c1-16-19(17(2)26-22-16)15-23-11-13-24(14-12-23)20(25)21(9-6-10-21)18-7-4-3-5-8-18/h3-5,7-8H,6,9-15H2,1-2H3. The lowest BCUT2D eigenvalue weighted by Crippen LogP contribution is -2.56. The molecule has 138 valence electrons. The lowest BCUT2D eigenvalue weighted by atomic mass is 9.63. The van der Waals surface area contributed by atoms with Gasteiger partial charge in [0, 0.05) is 38.3 Å². The first-order valence-corrected chi connectivity index (χ1v) is 9.59. The molecular weight excluding hydrogens is 326 g/mol. The number of hydrogen-bond donors (Lipinski definition) is 0. The Labute approximate surface area is 155 Å². The summed E-state index contributed by atoms with van der Waals surface area (Å²) in [6, 6.07) is 10.3. The number of piperazine rings is 1. The minimum atomic E-state index is -0.273. The summed E-state index contributed by atoms with van der Waals surface area (Å²) in [5, 5.41) is 4.04. The van der Waals surface area contributed by atoms with Gasteiger partial charge in [-0.2, -0.15) is 0 Å². The maximum absolute atomic E-state index is 13.3. The molecule has 0 spiro atoms. The monoisotopic (exact) mass is 353 g/mol. The summed E-state index contributed by atoms with van der Waals surface area (Å²) in [5.74, 6) is 1.23. The Morgan fingerprint density at radius 3 is 2.35 bits per heavy atom. The maximum atomic E-state index is 13.3. The van der Waals surface area contributed by atoms with E-state index >= 15 is 0 Å². The minimum absolute atomic E-state index is 0.273. The number of aryl methyl sites for hydroxylation is 2. The van der Waals surface area contributed by atoms with Crippen LogP contribution < -0.4 is 0 Å². The van der Waals surface area contributed by atoms with Crippen LogP contribution in [0.5, 0.6) is 0 Å². The van der Waals surface area contributed by atoms with E-state index in [1.54, 1.807) is 0 Å². The molecule has 1 aliphatic heterocycles. The predicted octanol–water partition coefficient (Wildman–Crippen LogP) is 3.06. The van der Waals surface area contributed by atoms with Crippen LogP contribution in [0.4, 0.5) is 0 Å². The van der Waals surface area contributed by atoms with Crippen molar-refractivity contribution in [2.24, 2.45) is 0 Å². The van der Waals surface area contributed by atoms with Gasteiger partial charge < -0.3 is 9.42 Å². The highest BCUT2D eigenvalue weighted by atomic mass is 16.5. The zero-order chi connectivity index (χ0) is 18.1. The molecule has 4 rings (SSSR count). The maximum Gasteiger partial charge on any atom is 0.233 e. The van der Waals surface area contributed by atoms with Gasteiger partial charge in [0.1, 0.15) is 5.76 Å².